The van der Waals surface area contributed by atoms with Crippen molar-refractivity contribution in [3.63, 3.8) is 0 Å². The number of hydrogen-bond donors (Lipinski definition) is 1. The van der Waals surface area contributed by atoms with Gasteiger partial charge < -0.3 is 19.7 Å². The minimum absolute atomic E-state index is 0.0155. The van der Waals surface area contributed by atoms with Crippen molar-refractivity contribution in [1.29, 1.82) is 0 Å². The Morgan fingerprint density at radius 2 is 1.85 bits per heavy atom. The predicted molar refractivity (Wildman–Crippen MR) is 201 cm³/mol. The topological polar surface area (TPSA) is 151 Å². The van der Waals surface area contributed by atoms with E-state index in [0.29, 0.717) is 64.8 Å². The van der Waals surface area contributed by atoms with Crippen LogP contribution in [0, 0.1) is 12.7 Å². The van der Waals surface area contributed by atoms with Crippen molar-refractivity contribution in [3.05, 3.63) is 134 Å². The van der Waals surface area contributed by atoms with E-state index in [1.54, 1.807) is 68.8 Å². The van der Waals surface area contributed by atoms with E-state index in [0.717, 1.165) is 10.1 Å². The zero-order chi connectivity index (χ0) is 37.9. The second-order valence-corrected chi connectivity index (χ2v) is 13.3. The molecule has 0 spiro atoms. The number of morpholine rings is 1. The van der Waals surface area contributed by atoms with Gasteiger partial charge in [0.2, 0.25) is 0 Å². The van der Waals surface area contributed by atoms with Gasteiger partial charge in [-0.25, -0.2) is 18.5 Å². The molecule has 0 bridgehead atoms. The maximum atomic E-state index is 15.8. The number of halogens is 1. The molecule has 54 heavy (non-hydrogen) atoms. The van der Waals surface area contributed by atoms with Gasteiger partial charge in [0.05, 0.1) is 53.7 Å². The molecule has 0 radical (unpaired) electrons. The van der Waals surface area contributed by atoms with Gasteiger partial charge in [0, 0.05) is 68.3 Å². The van der Waals surface area contributed by atoms with Crippen molar-refractivity contribution < 1.29 is 23.5 Å². The molecule has 0 saturated carbocycles. The van der Waals surface area contributed by atoms with Crippen LogP contribution in [0.4, 0.5) is 10.1 Å². The molecule has 2 atom stereocenters. The van der Waals surface area contributed by atoms with E-state index in [4.69, 9.17) is 9.47 Å². The third-order valence-electron chi connectivity index (χ3n) is 9.72. The van der Waals surface area contributed by atoms with Crippen molar-refractivity contribution in [1.82, 2.24) is 29.4 Å². The molecule has 14 heteroatoms. The van der Waals surface area contributed by atoms with Crippen molar-refractivity contribution >= 4 is 39.4 Å². The Morgan fingerprint density at radius 3 is 2.63 bits per heavy atom. The molecule has 1 saturated heterocycles. The van der Waals surface area contributed by atoms with Crippen LogP contribution in [0.3, 0.4) is 0 Å². The Kier molecular flexibility index (Phi) is 10.3. The summed E-state index contributed by atoms with van der Waals surface area (Å²) in [5, 5.41) is 3.58. The van der Waals surface area contributed by atoms with Gasteiger partial charge in [-0.3, -0.25) is 29.1 Å². The fraction of sp³-hybridized carbons (Fsp3) is 0.275. The van der Waals surface area contributed by atoms with Crippen LogP contribution in [-0.2, 0) is 34.2 Å². The number of fused-ring (bicyclic) bond motifs is 2. The summed E-state index contributed by atoms with van der Waals surface area (Å²) >= 11 is 0. The van der Waals surface area contributed by atoms with Crippen LogP contribution in [0.15, 0.2) is 95.2 Å². The number of carbonyl (C=O) groups is 2. The fourth-order valence-electron chi connectivity index (χ4n) is 6.93. The number of nitrogens with zero attached hydrogens (tertiary/aromatic N) is 6. The quantitative estimate of drug-likeness (QED) is 0.206. The smallest absolute Gasteiger partial charge is 0.335 e. The van der Waals surface area contributed by atoms with Crippen LogP contribution in [0.1, 0.15) is 34.0 Å². The Morgan fingerprint density at radius 1 is 1.04 bits per heavy atom. The van der Waals surface area contributed by atoms with Crippen molar-refractivity contribution in [3.8, 4) is 5.69 Å². The highest BCUT2D eigenvalue weighted by Crippen LogP contribution is 2.27. The normalized spacial score (nSPS) is 15.0. The van der Waals surface area contributed by atoms with Gasteiger partial charge in [-0.2, -0.15) is 0 Å². The number of esters is 1. The zero-order valence-corrected chi connectivity index (χ0v) is 30.0. The highest BCUT2D eigenvalue weighted by atomic mass is 19.1. The lowest BCUT2D eigenvalue weighted by molar-refractivity contribution is -0.145. The van der Waals surface area contributed by atoms with Crippen molar-refractivity contribution in [2.45, 2.75) is 38.8 Å². The first kappa shape index (κ1) is 36.1. The fourth-order valence-corrected chi connectivity index (χ4v) is 6.93. The van der Waals surface area contributed by atoms with Crippen molar-refractivity contribution in [2.24, 2.45) is 7.05 Å². The predicted octanol–water partition coefficient (Wildman–Crippen LogP) is 3.83. The summed E-state index contributed by atoms with van der Waals surface area (Å²) in [7, 11) is 1.56. The molecule has 7 rings (SSSR count). The van der Waals surface area contributed by atoms with Crippen LogP contribution in [0.5, 0.6) is 0 Å². The minimum atomic E-state index is -1.25. The average Bonchev–Trinajstić information content (AvgIpc) is 3.17. The Bertz CT molecular complexity index is 2480. The number of hydrogen-bond acceptors (Lipinski definition) is 10. The summed E-state index contributed by atoms with van der Waals surface area (Å²) in [6.07, 6.45) is 8.11. The Labute approximate surface area is 309 Å². The van der Waals surface area contributed by atoms with E-state index in [1.165, 1.54) is 29.2 Å². The lowest BCUT2D eigenvalue weighted by atomic mass is 9.99. The first-order chi connectivity index (χ1) is 26.1. The molecule has 1 amide bonds. The van der Waals surface area contributed by atoms with E-state index >= 15 is 4.39 Å². The molecule has 6 aromatic rings. The summed E-state index contributed by atoms with van der Waals surface area (Å²) in [6, 6.07) is 13.8. The third-order valence-corrected chi connectivity index (χ3v) is 9.72. The second kappa shape index (κ2) is 15.4. The van der Waals surface area contributed by atoms with Crippen LogP contribution in [0.2, 0.25) is 0 Å². The van der Waals surface area contributed by atoms with Gasteiger partial charge >= 0.3 is 11.7 Å². The molecule has 1 aliphatic rings. The SMILES string of the molecule is Cc1cc(N2CCOC[C@@H]2C)cc(F)c1C(=O)N[C@@H](Cc1ccc(-n2c(=O)c3ccncc3n(C)c2=O)c2ncccc12)C(=O)OCCc1cccnc1. The lowest BCUT2D eigenvalue weighted by Gasteiger charge is -2.35. The summed E-state index contributed by atoms with van der Waals surface area (Å²) in [4.78, 5) is 69.6. The first-order valence-corrected chi connectivity index (χ1v) is 17.6. The summed E-state index contributed by atoms with van der Waals surface area (Å²) in [6.45, 7) is 5.26. The summed E-state index contributed by atoms with van der Waals surface area (Å²) in [5.74, 6) is -2.22. The number of amides is 1. The van der Waals surface area contributed by atoms with Crippen LogP contribution < -0.4 is 21.5 Å². The number of aromatic nitrogens is 5. The van der Waals surface area contributed by atoms with E-state index in [-0.39, 0.29) is 30.3 Å². The van der Waals surface area contributed by atoms with Gasteiger partial charge in [-0.05, 0) is 66.9 Å². The molecular weight excluding hydrogens is 693 g/mol. The van der Waals surface area contributed by atoms with E-state index in [9.17, 15) is 19.2 Å². The molecule has 4 aromatic heterocycles. The number of rotatable bonds is 10. The summed E-state index contributed by atoms with van der Waals surface area (Å²) < 4.78 is 29.4. The largest absolute Gasteiger partial charge is 0.464 e. The standard InChI is InChI=1S/C40H38FN7O6/c1-24-18-28(47-15-17-53-23-25(47)2)20-31(41)35(24)37(49)45-32(39(51)54-16-11-26-6-4-12-42-21-26)19-27-8-9-33(36-29(27)7-5-13-44-36)48-38(50)30-10-14-43-22-34(30)46(3)40(48)52/h4-10,12-14,18,20-22,25,32H,11,15-17,19,23H2,1-3H3,(H,45,49)/t25-,32-/m0/s1. The number of ether oxygens (including phenoxy) is 2. The van der Waals surface area contributed by atoms with Crippen LogP contribution >= 0.6 is 0 Å². The first-order valence-electron chi connectivity index (χ1n) is 17.6. The minimum Gasteiger partial charge on any atom is -0.464 e. The maximum absolute atomic E-state index is 15.8. The highest BCUT2D eigenvalue weighted by molar-refractivity contribution is 5.99. The lowest BCUT2D eigenvalue weighted by Crippen LogP contribution is -2.45. The molecule has 276 valence electrons. The van der Waals surface area contributed by atoms with Gasteiger partial charge in [0.15, 0.2) is 0 Å². The number of anilines is 1. The van der Waals surface area contributed by atoms with Gasteiger partial charge in [-0.15, -0.1) is 0 Å². The van der Waals surface area contributed by atoms with Gasteiger partial charge in [-0.1, -0.05) is 18.2 Å². The van der Waals surface area contributed by atoms with Crippen molar-refractivity contribution in [2.75, 3.05) is 31.3 Å². The molecule has 1 fully saturated rings. The molecule has 1 aliphatic heterocycles. The van der Waals surface area contributed by atoms with Gasteiger partial charge in [0.25, 0.3) is 11.5 Å². The van der Waals surface area contributed by atoms with Crippen LogP contribution in [-0.4, -0.2) is 74.4 Å². The van der Waals surface area contributed by atoms with E-state index < -0.39 is 35.0 Å². The number of carbonyl (C=O) groups excluding carboxylic acids is 2. The number of aryl methyl sites for hydroxylation is 2. The highest BCUT2D eigenvalue weighted by Gasteiger charge is 2.29. The average molecular weight is 732 g/mol. The molecule has 13 nitrogen and oxygen atoms in total. The second-order valence-electron chi connectivity index (χ2n) is 13.3. The molecule has 5 heterocycles. The van der Waals surface area contributed by atoms with E-state index in [2.05, 4.69) is 20.3 Å². The number of pyridine rings is 3. The molecule has 2 aromatic carbocycles. The summed E-state index contributed by atoms with van der Waals surface area (Å²) in [5.41, 5.74) is 2.11. The molecule has 0 unspecified atom stereocenters. The molecule has 0 aliphatic carbocycles. The Hall–Kier alpha value is -6.28. The van der Waals surface area contributed by atoms with Gasteiger partial charge in [0.1, 0.15) is 11.9 Å². The monoisotopic (exact) mass is 731 g/mol. The zero-order valence-electron chi connectivity index (χ0n) is 30.0. The van der Waals surface area contributed by atoms with Crippen LogP contribution in [0.25, 0.3) is 27.5 Å². The number of nitrogens with one attached hydrogen (secondary N) is 1. The molecular formula is C40H38FN7O6. The van der Waals surface area contributed by atoms with E-state index in [1.807, 2.05) is 17.9 Å². The third kappa shape index (κ3) is 7.07. The maximum Gasteiger partial charge on any atom is 0.335 e. The molecule has 1 N–H and O–H groups in total. The Balaban J connectivity index is 1.23. The number of benzene rings is 2.